The van der Waals surface area contributed by atoms with Crippen LogP contribution in [0, 0.1) is 0 Å². The van der Waals surface area contributed by atoms with Crippen LogP contribution in [0.3, 0.4) is 0 Å². The Morgan fingerprint density at radius 1 is 0.586 bits per heavy atom. The molecule has 0 radical (unpaired) electrons. The molecule has 0 aliphatic rings. The van der Waals surface area contributed by atoms with Gasteiger partial charge in [-0.1, -0.05) is 42.5 Å². The van der Waals surface area contributed by atoms with Crippen LogP contribution in [-0.4, -0.2) is 48.9 Å². The van der Waals surface area contributed by atoms with Gasteiger partial charge in [0.25, 0.3) is 0 Å². The van der Waals surface area contributed by atoms with Gasteiger partial charge < -0.3 is 15.1 Å². The summed E-state index contributed by atoms with van der Waals surface area (Å²) in [6, 6.07) is 26.5. The molecule has 0 saturated carbocycles. The van der Waals surface area contributed by atoms with Crippen LogP contribution in [0.1, 0.15) is 11.1 Å². The highest BCUT2D eigenvalue weighted by Crippen LogP contribution is 2.34. The molecule has 0 bridgehead atoms. The lowest BCUT2D eigenvalue weighted by Crippen LogP contribution is -2.09. The van der Waals surface area contributed by atoms with Crippen molar-refractivity contribution in [2.24, 2.45) is 9.98 Å². The van der Waals surface area contributed by atoms with E-state index in [1.807, 2.05) is 42.5 Å². The van der Waals surface area contributed by atoms with E-state index in [4.69, 9.17) is 10.2 Å². The third-order valence-corrected chi connectivity index (χ3v) is 4.26. The van der Waals surface area contributed by atoms with Gasteiger partial charge in [-0.3, -0.25) is 9.98 Å². The lowest BCUT2D eigenvalue weighted by Gasteiger charge is -2.25. The van der Waals surface area contributed by atoms with Crippen molar-refractivity contribution in [2.45, 2.75) is 0 Å². The van der Waals surface area contributed by atoms with Crippen LogP contribution >= 0.6 is 0 Å². The number of aliphatic hydroxyl groups excluding tert-OH is 2. The van der Waals surface area contributed by atoms with Gasteiger partial charge in [0.15, 0.2) is 0 Å². The Hall–Kier alpha value is -3.28. The van der Waals surface area contributed by atoms with Gasteiger partial charge in [-0.15, -0.1) is 0 Å². The van der Waals surface area contributed by atoms with Gasteiger partial charge in [0.1, 0.15) is 0 Å². The Morgan fingerprint density at radius 2 is 1.00 bits per heavy atom. The monoisotopic (exact) mass is 387 g/mol. The van der Waals surface area contributed by atoms with Crippen molar-refractivity contribution in [3.05, 3.63) is 90.0 Å². The van der Waals surface area contributed by atoms with E-state index < -0.39 is 0 Å². The fourth-order valence-corrected chi connectivity index (χ4v) is 2.90. The number of aliphatic hydroxyl groups is 2. The first-order valence-electron chi connectivity index (χ1n) is 9.58. The minimum Gasteiger partial charge on any atom is -0.394 e. The third-order valence-electron chi connectivity index (χ3n) is 4.26. The molecule has 3 rings (SSSR count). The van der Waals surface area contributed by atoms with Gasteiger partial charge in [-0.25, -0.2) is 0 Å². The molecule has 5 heteroatoms. The van der Waals surface area contributed by atoms with Gasteiger partial charge in [0, 0.05) is 29.5 Å². The van der Waals surface area contributed by atoms with Crippen LogP contribution in [0.4, 0.5) is 17.1 Å². The molecular formula is C24H25N3O2. The molecule has 0 unspecified atom stereocenters. The van der Waals surface area contributed by atoms with E-state index in [0.717, 1.165) is 28.2 Å². The van der Waals surface area contributed by atoms with E-state index in [1.165, 1.54) is 0 Å². The Kier molecular flexibility index (Phi) is 7.69. The topological polar surface area (TPSA) is 68.4 Å². The summed E-state index contributed by atoms with van der Waals surface area (Å²) >= 11 is 0. The number of benzene rings is 3. The van der Waals surface area contributed by atoms with E-state index in [0.29, 0.717) is 13.1 Å². The second-order valence-corrected chi connectivity index (χ2v) is 6.37. The normalized spacial score (nSPS) is 11.4. The summed E-state index contributed by atoms with van der Waals surface area (Å²) in [5.74, 6) is 0. The summed E-state index contributed by atoms with van der Waals surface area (Å²) < 4.78 is 0. The average Bonchev–Trinajstić information content (AvgIpc) is 2.77. The maximum Gasteiger partial charge on any atom is 0.0626 e. The lowest BCUT2D eigenvalue weighted by molar-refractivity contribution is 0.307. The van der Waals surface area contributed by atoms with Gasteiger partial charge in [0.2, 0.25) is 0 Å². The van der Waals surface area contributed by atoms with E-state index in [-0.39, 0.29) is 13.2 Å². The molecule has 2 N–H and O–H groups in total. The molecule has 0 aromatic heterocycles. The SMILES string of the molecule is OCC/N=C/c1ccc(N(c2ccccc2)c2ccc(/C=N/CCO)cc2)cc1. The van der Waals surface area contributed by atoms with Crippen LogP contribution < -0.4 is 4.90 Å². The third kappa shape index (κ3) is 5.85. The number of hydrogen-bond acceptors (Lipinski definition) is 5. The van der Waals surface area contributed by atoms with Crippen LogP contribution in [0.2, 0.25) is 0 Å². The predicted molar refractivity (Wildman–Crippen MR) is 120 cm³/mol. The largest absolute Gasteiger partial charge is 0.394 e. The summed E-state index contributed by atoms with van der Waals surface area (Å²) in [5, 5.41) is 17.7. The quantitative estimate of drug-likeness (QED) is 0.546. The van der Waals surface area contributed by atoms with Crippen LogP contribution in [0.15, 0.2) is 88.8 Å². The second kappa shape index (κ2) is 10.9. The van der Waals surface area contributed by atoms with Crippen LogP contribution in [0.5, 0.6) is 0 Å². The first-order chi connectivity index (χ1) is 14.3. The molecule has 3 aromatic carbocycles. The Balaban J connectivity index is 1.90. The van der Waals surface area contributed by atoms with Crippen LogP contribution in [-0.2, 0) is 0 Å². The lowest BCUT2D eigenvalue weighted by atomic mass is 10.1. The molecule has 29 heavy (non-hydrogen) atoms. The molecule has 0 aliphatic heterocycles. The highest BCUT2D eigenvalue weighted by atomic mass is 16.3. The van der Waals surface area contributed by atoms with E-state index >= 15 is 0 Å². The zero-order valence-electron chi connectivity index (χ0n) is 16.2. The average molecular weight is 387 g/mol. The molecular weight excluding hydrogens is 362 g/mol. The van der Waals surface area contributed by atoms with Crippen LogP contribution in [0.25, 0.3) is 0 Å². The summed E-state index contributed by atoms with van der Waals surface area (Å²) in [6.45, 7) is 0.922. The number of para-hydroxylation sites is 1. The summed E-state index contributed by atoms with van der Waals surface area (Å²) in [5.41, 5.74) is 5.13. The molecule has 3 aromatic rings. The van der Waals surface area contributed by atoms with Gasteiger partial charge in [-0.2, -0.15) is 0 Å². The number of aliphatic imine (C=N–C) groups is 2. The fourth-order valence-electron chi connectivity index (χ4n) is 2.90. The maximum absolute atomic E-state index is 8.85. The van der Waals surface area contributed by atoms with Gasteiger partial charge >= 0.3 is 0 Å². The van der Waals surface area contributed by atoms with Crippen molar-refractivity contribution in [3.8, 4) is 0 Å². The van der Waals surface area contributed by atoms with Gasteiger partial charge in [-0.05, 0) is 47.5 Å². The smallest absolute Gasteiger partial charge is 0.0626 e. The molecule has 148 valence electrons. The Labute approximate surface area is 171 Å². The summed E-state index contributed by atoms with van der Waals surface area (Å²) in [6.07, 6.45) is 3.54. The highest BCUT2D eigenvalue weighted by molar-refractivity contribution is 5.84. The molecule has 0 fully saturated rings. The van der Waals surface area contributed by atoms with Crippen molar-refractivity contribution >= 4 is 29.5 Å². The first-order valence-corrected chi connectivity index (χ1v) is 9.58. The Bertz CT molecular complexity index is 861. The minimum atomic E-state index is 0.0527. The van der Waals surface area contributed by atoms with Crippen molar-refractivity contribution in [2.75, 3.05) is 31.2 Å². The van der Waals surface area contributed by atoms with Crippen molar-refractivity contribution in [1.29, 1.82) is 0 Å². The van der Waals surface area contributed by atoms with Crippen molar-refractivity contribution in [1.82, 2.24) is 0 Å². The number of nitrogens with zero attached hydrogens (tertiary/aromatic N) is 3. The highest BCUT2D eigenvalue weighted by Gasteiger charge is 2.11. The fraction of sp³-hybridized carbons (Fsp3) is 0.167. The zero-order chi connectivity index (χ0) is 20.3. The maximum atomic E-state index is 8.85. The molecule has 0 saturated heterocycles. The minimum absolute atomic E-state index is 0.0527. The number of rotatable bonds is 9. The molecule has 0 amide bonds. The zero-order valence-corrected chi connectivity index (χ0v) is 16.2. The van der Waals surface area contributed by atoms with E-state index in [9.17, 15) is 0 Å². The number of hydrogen-bond donors (Lipinski definition) is 2. The van der Waals surface area contributed by atoms with Gasteiger partial charge in [0.05, 0.1) is 26.3 Å². The molecule has 0 heterocycles. The predicted octanol–water partition coefficient (Wildman–Crippen LogP) is 3.98. The standard InChI is InChI=1S/C24H25N3O2/c28-16-14-25-18-20-6-10-23(11-7-20)27(22-4-2-1-3-5-22)24-12-8-21(9-13-24)19-26-15-17-29/h1-13,18-19,28-29H,14-17H2/b25-18+,26-19+. The van der Waals surface area contributed by atoms with E-state index in [1.54, 1.807) is 12.4 Å². The molecule has 0 atom stereocenters. The Morgan fingerprint density at radius 3 is 1.41 bits per heavy atom. The summed E-state index contributed by atoms with van der Waals surface area (Å²) in [4.78, 5) is 10.5. The summed E-state index contributed by atoms with van der Waals surface area (Å²) in [7, 11) is 0. The van der Waals surface area contributed by atoms with Crippen molar-refractivity contribution < 1.29 is 10.2 Å². The van der Waals surface area contributed by atoms with E-state index in [2.05, 4.69) is 51.3 Å². The van der Waals surface area contributed by atoms with Crippen molar-refractivity contribution in [3.63, 3.8) is 0 Å². The molecule has 0 spiro atoms. The first kappa shape index (κ1) is 20.5. The molecule has 5 nitrogen and oxygen atoms in total. The number of anilines is 3. The second-order valence-electron chi connectivity index (χ2n) is 6.37. The molecule has 0 aliphatic carbocycles.